The predicted octanol–water partition coefficient (Wildman–Crippen LogP) is 3.40. The minimum absolute atomic E-state index is 0.184. The van der Waals surface area contributed by atoms with Crippen LogP contribution in [0.5, 0.6) is 5.75 Å². The zero-order chi connectivity index (χ0) is 14.4. The third kappa shape index (κ3) is 4.35. The summed E-state index contributed by atoms with van der Waals surface area (Å²) in [6.45, 7) is 1.75. The van der Waals surface area contributed by atoms with E-state index in [4.69, 9.17) is 0 Å². The highest BCUT2D eigenvalue weighted by molar-refractivity contribution is 5.27. The van der Waals surface area contributed by atoms with Gasteiger partial charge in [0.15, 0.2) is 0 Å². The normalized spacial score (nSPS) is 11.0. The predicted molar refractivity (Wildman–Crippen MR) is 73.7 cm³/mol. The maximum Gasteiger partial charge on any atom is 0.387 e. The molecule has 0 saturated heterocycles. The van der Waals surface area contributed by atoms with Crippen LogP contribution in [0.25, 0.3) is 0 Å². The number of hydrogen-bond acceptors (Lipinski definition) is 2. The number of nitrogens with zero attached hydrogens (tertiary/aromatic N) is 1. The molecule has 0 aliphatic rings. The maximum absolute atomic E-state index is 12.0. The molecule has 108 valence electrons. The molecule has 0 radical (unpaired) electrons. The van der Waals surface area contributed by atoms with Crippen LogP contribution >= 0.6 is 0 Å². The molecule has 0 saturated carbocycles. The fraction of sp³-hybridized carbons (Fsp3) is 0.333. The maximum atomic E-state index is 12.0. The van der Waals surface area contributed by atoms with Crippen LogP contribution in [-0.4, -0.2) is 11.2 Å². The third-order valence-corrected chi connectivity index (χ3v) is 2.98. The second-order valence-corrected chi connectivity index (χ2v) is 4.48. The molecule has 0 spiro atoms. The molecule has 20 heavy (non-hydrogen) atoms. The van der Waals surface area contributed by atoms with Gasteiger partial charge in [0.2, 0.25) is 0 Å². The summed E-state index contributed by atoms with van der Waals surface area (Å²) in [4.78, 5) is 0. The molecule has 1 heterocycles. The van der Waals surface area contributed by atoms with Gasteiger partial charge in [0, 0.05) is 32.0 Å². The number of halogens is 2. The summed E-state index contributed by atoms with van der Waals surface area (Å²) in [7, 11) is 0. The van der Waals surface area contributed by atoms with Crippen LogP contribution in [0.4, 0.5) is 8.78 Å². The first kappa shape index (κ1) is 14.5. The highest BCUT2D eigenvalue weighted by Gasteiger charge is 2.03. The van der Waals surface area contributed by atoms with Crippen molar-refractivity contribution in [3.05, 3.63) is 53.9 Å². The van der Waals surface area contributed by atoms with Crippen LogP contribution in [0.3, 0.4) is 0 Å². The Kier molecular flexibility index (Phi) is 5.12. The molecule has 1 aromatic carbocycles. The summed E-state index contributed by atoms with van der Waals surface area (Å²) in [5, 5.41) is 3.31. The Morgan fingerprint density at radius 2 is 1.80 bits per heavy atom. The molecular formula is C15H18F2N2O. The Balaban J connectivity index is 1.79. The Morgan fingerprint density at radius 3 is 2.40 bits per heavy atom. The largest absolute Gasteiger partial charge is 0.435 e. The van der Waals surface area contributed by atoms with Gasteiger partial charge in [-0.15, -0.1) is 0 Å². The van der Waals surface area contributed by atoms with E-state index in [1.807, 2.05) is 6.20 Å². The number of ether oxygens (including phenoxy) is 1. The minimum Gasteiger partial charge on any atom is -0.435 e. The molecular weight excluding hydrogens is 262 g/mol. The monoisotopic (exact) mass is 280 g/mol. The minimum atomic E-state index is -2.78. The molecule has 0 fully saturated rings. The molecule has 1 aromatic heterocycles. The van der Waals surface area contributed by atoms with E-state index in [-0.39, 0.29) is 5.75 Å². The molecule has 2 rings (SSSR count). The van der Waals surface area contributed by atoms with Gasteiger partial charge in [0.1, 0.15) is 5.75 Å². The number of nitrogens with one attached hydrogen (secondary N) is 1. The number of aryl methyl sites for hydroxylation is 1. The van der Waals surface area contributed by atoms with E-state index in [1.54, 1.807) is 24.3 Å². The van der Waals surface area contributed by atoms with E-state index in [1.165, 1.54) is 5.56 Å². The molecule has 0 aliphatic heterocycles. The molecule has 1 N–H and O–H groups in total. The van der Waals surface area contributed by atoms with E-state index >= 15 is 0 Å². The van der Waals surface area contributed by atoms with Crippen molar-refractivity contribution in [3.8, 4) is 5.75 Å². The van der Waals surface area contributed by atoms with Crippen LogP contribution in [0.2, 0.25) is 0 Å². The summed E-state index contributed by atoms with van der Waals surface area (Å²) in [5.41, 5.74) is 2.26. The summed E-state index contributed by atoms with van der Waals surface area (Å²) >= 11 is 0. The van der Waals surface area contributed by atoms with Crippen LogP contribution in [0.15, 0.2) is 42.7 Å². The molecule has 3 nitrogen and oxygen atoms in total. The second-order valence-electron chi connectivity index (χ2n) is 4.48. The third-order valence-electron chi connectivity index (χ3n) is 2.98. The zero-order valence-electron chi connectivity index (χ0n) is 11.4. The summed E-state index contributed by atoms with van der Waals surface area (Å²) in [5.74, 6) is 0.184. The second kappa shape index (κ2) is 7.05. The number of alkyl halides is 2. The Morgan fingerprint density at radius 1 is 1.10 bits per heavy atom. The van der Waals surface area contributed by atoms with E-state index in [9.17, 15) is 8.78 Å². The van der Waals surface area contributed by atoms with Gasteiger partial charge in [-0.1, -0.05) is 12.1 Å². The number of benzene rings is 1. The summed E-state index contributed by atoms with van der Waals surface area (Å²) in [6.07, 6.45) is 4.15. The Bertz CT molecular complexity index is 523. The average molecular weight is 280 g/mol. The van der Waals surface area contributed by atoms with Gasteiger partial charge in [0.05, 0.1) is 0 Å². The van der Waals surface area contributed by atoms with E-state index in [2.05, 4.69) is 33.8 Å². The fourth-order valence-electron chi connectivity index (χ4n) is 1.93. The van der Waals surface area contributed by atoms with Gasteiger partial charge in [-0.05, 0) is 36.2 Å². The zero-order valence-corrected chi connectivity index (χ0v) is 11.4. The van der Waals surface area contributed by atoms with Crippen molar-refractivity contribution in [2.75, 3.05) is 0 Å². The topological polar surface area (TPSA) is 26.2 Å². The fourth-order valence-corrected chi connectivity index (χ4v) is 1.93. The Labute approximate surface area is 117 Å². The van der Waals surface area contributed by atoms with Crippen molar-refractivity contribution in [2.24, 2.45) is 0 Å². The van der Waals surface area contributed by atoms with Crippen molar-refractivity contribution in [3.63, 3.8) is 0 Å². The van der Waals surface area contributed by atoms with Crippen molar-refractivity contribution < 1.29 is 13.5 Å². The van der Waals surface area contributed by atoms with Gasteiger partial charge in [-0.3, -0.25) is 0 Å². The van der Waals surface area contributed by atoms with E-state index in [0.717, 1.165) is 18.7 Å². The van der Waals surface area contributed by atoms with Gasteiger partial charge in [0.25, 0.3) is 0 Å². The van der Waals surface area contributed by atoms with Gasteiger partial charge in [-0.2, -0.15) is 8.78 Å². The van der Waals surface area contributed by atoms with Crippen molar-refractivity contribution in [1.29, 1.82) is 0 Å². The lowest BCUT2D eigenvalue weighted by Crippen LogP contribution is -2.12. The van der Waals surface area contributed by atoms with Crippen LogP contribution in [0.1, 0.15) is 18.1 Å². The molecule has 0 unspecified atom stereocenters. The van der Waals surface area contributed by atoms with Crippen LogP contribution in [0, 0.1) is 0 Å². The molecule has 0 aliphatic carbocycles. The Hall–Kier alpha value is -1.88. The molecule has 2 aromatic rings. The van der Waals surface area contributed by atoms with E-state index in [0.29, 0.717) is 6.54 Å². The smallest absolute Gasteiger partial charge is 0.387 e. The first-order valence-electron chi connectivity index (χ1n) is 6.56. The lowest BCUT2D eigenvalue weighted by molar-refractivity contribution is -0.0498. The highest BCUT2D eigenvalue weighted by Crippen LogP contribution is 2.14. The van der Waals surface area contributed by atoms with Crippen molar-refractivity contribution in [1.82, 2.24) is 9.88 Å². The summed E-state index contributed by atoms with van der Waals surface area (Å²) in [6, 6.07) is 8.74. The van der Waals surface area contributed by atoms with Crippen LogP contribution < -0.4 is 10.1 Å². The first-order chi connectivity index (χ1) is 9.67. The number of hydrogen-bond donors (Lipinski definition) is 1. The quantitative estimate of drug-likeness (QED) is 0.841. The van der Waals surface area contributed by atoms with Gasteiger partial charge < -0.3 is 14.6 Å². The van der Waals surface area contributed by atoms with Gasteiger partial charge in [-0.25, -0.2) is 0 Å². The van der Waals surface area contributed by atoms with E-state index < -0.39 is 6.61 Å². The lowest BCUT2D eigenvalue weighted by Gasteiger charge is -2.06. The van der Waals surface area contributed by atoms with Crippen LogP contribution in [-0.2, 0) is 19.6 Å². The standard InChI is InChI=1S/C15H18F2N2O/c1-2-19-8-7-13(11-19)10-18-9-12-3-5-14(6-4-12)20-15(16)17/h3-8,11,15,18H,2,9-10H2,1H3. The molecule has 0 amide bonds. The number of rotatable bonds is 7. The highest BCUT2D eigenvalue weighted by atomic mass is 19.3. The SMILES string of the molecule is CCn1ccc(CNCc2ccc(OC(F)F)cc2)c1. The van der Waals surface area contributed by atoms with Crippen molar-refractivity contribution >= 4 is 0 Å². The molecule has 0 atom stereocenters. The van der Waals surface area contributed by atoms with Crippen molar-refractivity contribution in [2.45, 2.75) is 33.2 Å². The van der Waals surface area contributed by atoms with Gasteiger partial charge >= 0.3 is 6.61 Å². The molecule has 0 bridgehead atoms. The summed E-state index contributed by atoms with van der Waals surface area (Å²) < 4.78 is 30.4. The molecule has 5 heteroatoms. The lowest BCUT2D eigenvalue weighted by atomic mass is 10.2. The average Bonchev–Trinajstić information content (AvgIpc) is 2.88. The first-order valence-corrected chi connectivity index (χ1v) is 6.56. The number of aromatic nitrogens is 1.